The molecular weight excluding hydrogens is 172 g/mol. The first kappa shape index (κ1) is 7.24. The van der Waals surface area contributed by atoms with Crippen LogP contribution in [0.25, 0.3) is 11.4 Å². The lowest BCUT2D eigenvalue weighted by Gasteiger charge is -1.97. The van der Waals surface area contributed by atoms with Crippen molar-refractivity contribution in [3.8, 4) is 17.1 Å². The molecule has 0 unspecified atom stereocenters. The van der Waals surface area contributed by atoms with Crippen LogP contribution in [0.5, 0.6) is 5.75 Å². The lowest BCUT2D eigenvalue weighted by atomic mass is 10.3. The summed E-state index contributed by atoms with van der Waals surface area (Å²) in [4.78, 5) is 8.06. The van der Waals surface area contributed by atoms with Gasteiger partial charge in [-0.1, -0.05) is 0 Å². The van der Waals surface area contributed by atoms with Crippen LogP contribution in [0.3, 0.4) is 0 Å². The highest BCUT2D eigenvalue weighted by atomic mass is 32.1. The van der Waals surface area contributed by atoms with Gasteiger partial charge < -0.3 is 5.11 Å². The summed E-state index contributed by atoms with van der Waals surface area (Å²) in [6, 6.07) is 3.28. The SMILES string of the molecule is Oc1cccnc1-c1cscn1. The summed E-state index contributed by atoms with van der Waals surface area (Å²) >= 11 is 1.48. The van der Waals surface area contributed by atoms with Gasteiger partial charge >= 0.3 is 0 Å². The monoisotopic (exact) mass is 178 g/mol. The van der Waals surface area contributed by atoms with Gasteiger partial charge in [0.1, 0.15) is 17.1 Å². The smallest absolute Gasteiger partial charge is 0.143 e. The van der Waals surface area contributed by atoms with E-state index in [1.165, 1.54) is 11.3 Å². The maximum Gasteiger partial charge on any atom is 0.143 e. The molecule has 60 valence electrons. The predicted octanol–water partition coefficient (Wildman–Crippen LogP) is 1.91. The molecule has 0 amide bonds. The van der Waals surface area contributed by atoms with Crippen molar-refractivity contribution in [2.75, 3.05) is 0 Å². The van der Waals surface area contributed by atoms with Crippen LogP contribution >= 0.6 is 11.3 Å². The van der Waals surface area contributed by atoms with Crippen LogP contribution in [0.1, 0.15) is 0 Å². The average molecular weight is 178 g/mol. The van der Waals surface area contributed by atoms with Crippen molar-refractivity contribution in [3.05, 3.63) is 29.2 Å². The molecule has 2 rings (SSSR count). The third kappa shape index (κ3) is 1.16. The zero-order valence-electron chi connectivity index (χ0n) is 6.14. The number of hydrogen-bond donors (Lipinski definition) is 1. The Morgan fingerprint density at radius 1 is 1.33 bits per heavy atom. The molecule has 0 fully saturated rings. The Kier molecular flexibility index (Phi) is 1.75. The van der Waals surface area contributed by atoms with Gasteiger partial charge in [-0.05, 0) is 12.1 Å². The maximum absolute atomic E-state index is 9.38. The summed E-state index contributed by atoms with van der Waals surface area (Å²) in [5.41, 5.74) is 2.97. The molecule has 0 aliphatic heterocycles. The minimum Gasteiger partial charge on any atom is -0.506 e. The van der Waals surface area contributed by atoms with Crippen LogP contribution in [-0.4, -0.2) is 15.1 Å². The number of rotatable bonds is 1. The van der Waals surface area contributed by atoms with Gasteiger partial charge in [-0.2, -0.15) is 0 Å². The molecule has 2 heterocycles. The van der Waals surface area contributed by atoms with E-state index in [2.05, 4.69) is 9.97 Å². The summed E-state index contributed by atoms with van der Waals surface area (Å²) in [5.74, 6) is 0.170. The molecule has 2 aromatic rings. The Labute approximate surface area is 73.4 Å². The maximum atomic E-state index is 9.38. The molecule has 2 aromatic heterocycles. The van der Waals surface area contributed by atoms with Gasteiger partial charge in [0.15, 0.2) is 0 Å². The zero-order chi connectivity index (χ0) is 8.39. The number of nitrogens with zero attached hydrogens (tertiary/aromatic N) is 2. The number of thiazole rings is 1. The molecular formula is C8H6N2OS. The third-order valence-electron chi connectivity index (χ3n) is 1.46. The van der Waals surface area contributed by atoms with Gasteiger partial charge in [0.2, 0.25) is 0 Å². The highest BCUT2D eigenvalue weighted by molar-refractivity contribution is 7.07. The number of aromatic hydroxyl groups is 1. The summed E-state index contributed by atoms with van der Waals surface area (Å²) in [5, 5.41) is 11.2. The number of pyridine rings is 1. The fraction of sp³-hybridized carbons (Fsp3) is 0. The Balaban J connectivity index is 2.55. The van der Waals surface area contributed by atoms with Gasteiger partial charge in [-0.3, -0.25) is 4.98 Å². The van der Waals surface area contributed by atoms with Crippen LogP contribution in [0.2, 0.25) is 0 Å². The van der Waals surface area contributed by atoms with E-state index in [9.17, 15) is 5.11 Å². The summed E-state index contributed by atoms with van der Waals surface area (Å²) in [6.07, 6.45) is 1.63. The Hall–Kier alpha value is -1.42. The van der Waals surface area contributed by atoms with Gasteiger partial charge in [-0.25, -0.2) is 4.98 Å². The van der Waals surface area contributed by atoms with Crippen molar-refractivity contribution < 1.29 is 5.11 Å². The van der Waals surface area contributed by atoms with E-state index in [0.717, 1.165) is 5.69 Å². The van der Waals surface area contributed by atoms with Gasteiger partial charge in [-0.15, -0.1) is 11.3 Å². The van der Waals surface area contributed by atoms with Gasteiger partial charge in [0, 0.05) is 11.6 Å². The second kappa shape index (κ2) is 2.91. The van der Waals surface area contributed by atoms with Crippen LogP contribution in [0.4, 0.5) is 0 Å². The molecule has 0 aliphatic rings. The average Bonchev–Trinajstić information content (AvgIpc) is 2.57. The molecule has 0 saturated heterocycles. The van der Waals surface area contributed by atoms with Crippen LogP contribution in [0.15, 0.2) is 29.2 Å². The zero-order valence-corrected chi connectivity index (χ0v) is 6.95. The first-order valence-corrected chi connectivity index (χ1v) is 4.35. The van der Waals surface area contributed by atoms with E-state index in [1.807, 2.05) is 5.38 Å². The van der Waals surface area contributed by atoms with E-state index >= 15 is 0 Å². The first-order valence-electron chi connectivity index (χ1n) is 3.40. The Bertz CT molecular complexity index is 372. The van der Waals surface area contributed by atoms with E-state index in [1.54, 1.807) is 23.8 Å². The fourth-order valence-electron chi connectivity index (χ4n) is 0.924. The van der Waals surface area contributed by atoms with Crippen molar-refractivity contribution >= 4 is 11.3 Å². The first-order chi connectivity index (χ1) is 5.88. The molecule has 3 nitrogen and oxygen atoms in total. The van der Waals surface area contributed by atoms with E-state index in [4.69, 9.17) is 0 Å². The van der Waals surface area contributed by atoms with Crippen molar-refractivity contribution in [2.24, 2.45) is 0 Å². The Morgan fingerprint density at radius 3 is 2.92 bits per heavy atom. The molecule has 0 spiro atoms. The lowest BCUT2D eigenvalue weighted by molar-refractivity contribution is 0.475. The second-order valence-corrected chi connectivity index (χ2v) is 2.96. The van der Waals surface area contributed by atoms with Gasteiger partial charge in [0.25, 0.3) is 0 Å². The molecule has 0 saturated carbocycles. The molecule has 0 aliphatic carbocycles. The fourth-order valence-corrected chi connectivity index (χ4v) is 1.46. The quantitative estimate of drug-likeness (QED) is 0.725. The van der Waals surface area contributed by atoms with Crippen molar-refractivity contribution in [1.82, 2.24) is 9.97 Å². The van der Waals surface area contributed by atoms with Gasteiger partial charge in [0.05, 0.1) is 5.51 Å². The molecule has 0 atom stereocenters. The number of aromatic nitrogens is 2. The summed E-state index contributed by atoms with van der Waals surface area (Å²) in [7, 11) is 0. The molecule has 4 heteroatoms. The summed E-state index contributed by atoms with van der Waals surface area (Å²) in [6.45, 7) is 0. The highest BCUT2D eigenvalue weighted by Crippen LogP contribution is 2.25. The molecule has 0 bridgehead atoms. The molecule has 12 heavy (non-hydrogen) atoms. The van der Waals surface area contributed by atoms with Crippen LogP contribution in [0, 0.1) is 0 Å². The van der Waals surface area contributed by atoms with E-state index in [0.29, 0.717) is 5.69 Å². The topological polar surface area (TPSA) is 46.0 Å². The van der Waals surface area contributed by atoms with Crippen molar-refractivity contribution in [2.45, 2.75) is 0 Å². The highest BCUT2D eigenvalue weighted by Gasteiger charge is 2.05. The normalized spacial score (nSPS) is 10.0. The summed E-state index contributed by atoms with van der Waals surface area (Å²) < 4.78 is 0. The van der Waals surface area contributed by atoms with E-state index < -0.39 is 0 Å². The lowest BCUT2D eigenvalue weighted by Crippen LogP contribution is -1.82. The molecule has 0 aromatic carbocycles. The number of hydrogen-bond acceptors (Lipinski definition) is 4. The minimum atomic E-state index is 0.170. The predicted molar refractivity (Wildman–Crippen MR) is 47.0 cm³/mol. The minimum absolute atomic E-state index is 0.170. The second-order valence-electron chi connectivity index (χ2n) is 2.24. The van der Waals surface area contributed by atoms with Crippen LogP contribution < -0.4 is 0 Å². The van der Waals surface area contributed by atoms with E-state index in [-0.39, 0.29) is 5.75 Å². The molecule has 1 N–H and O–H groups in total. The largest absolute Gasteiger partial charge is 0.506 e. The third-order valence-corrected chi connectivity index (χ3v) is 2.05. The van der Waals surface area contributed by atoms with Crippen LogP contribution in [-0.2, 0) is 0 Å². The van der Waals surface area contributed by atoms with Crippen molar-refractivity contribution in [3.63, 3.8) is 0 Å². The van der Waals surface area contributed by atoms with Crippen molar-refractivity contribution in [1.29, 1.82) is 0 Å². The molecule has 0 radical (unpaired) electrons. The standard InChI is InChI=1S/C8H6N2OS/c11-7-2-1-3-9-8(7)6-4-12-5-10-6/h1-5,11H. The Morgan fingerprint density at radius 2 is 2.25 bits per heavy atom.